The first-order chi connectivity index (χ1) is 18.8. The molecule has 1 saturated carbocycles. The van der Waals surface area contributed by atoms with Crippen molar-refractivity contribution in [1.82, 2.24) is 20.0 Å². The van der Waals surface area contributed by atoms with E-state index in [2.05, 4.69) is 25.9 Å². The Balaban J connectivity index is 1.69. The summed E-state index contributed by atoms with van der Waals surface area (Å²) in [4.78, 5) is 3.99. The third-order valence-corrected chi connectivity index (χ3v) is 6.28. The Morgan fingerprint density at radius 3 is 2.51 bits per heavy atom. The lowest BCUT2D eigenvalue weighted by Gasteiger charge is -2.23. The second kappa shape index (κ2) is 9.84. The van der Waals surface area contributed by atoms with Gasteiger partial charge in [0, 0.05) is 23.8 Å². The lowest BCUT2D eigenvalue weighted by molar-refractivity contribution is -0.136. The standard InChI is InChI=1S/C28H27F4N7/c1-27(2,3)15-35-24-17(12-33)13-34-26-21(24)10-19(11-22(26)28(30,31)32)36-25(16-4-6-18(29)7-5-16)23-14-39(38-37-23)20-8-9-20/h4-7,10-11,13-14,20,25,36H,8-9,15H2,1-3H3,(H,34,35)/i25D. The van der Waals surface area contributed by atoms with Crippen molar-refractivity contribution in [2.24, 2.45) is 5.41 Å². The molecule has 1 aliphatic rings. The highest BCUT2D eigenvalue weighted by atomic mass is 19.4. The molecule has 4 aromatic rings. The second-order valence-corrected chi connectivity index (χ2v) is 10.8. The Morgan fingerprint density at radius 1 is 1.18 bits per heavy atom. The average Bonchev–Trinajstić information content (AvgIpc) is 3.61. The molecule has 1 aliphatic carbocycles. The largest absolute Gasteiger partial charge is 0.418 e. The monoisotopic (exact) mass is 538 g/mol. The van der Waals surface area contributed by atoms with Crippen molar-refractivity contribution in [3.8, 4) is 6.07 Å². The zero-order valence-electron chi connectivity index (χ0n) is 22.6. The molecule has 7 nitrogen and oxygen atoms in total. The Kier molecular flexibility index (Phi) is 6.33. The zero-order chi connectivity index (χ0) is 28.9. The number of benzene rings is 2. The maximum Gasteiger partial charge on any atom is 0.418 e. The predicted octanol–water partition coefficient (Wildman–Crippen LogP) is 6.85. The zero-order valence-corrected chi connectivity index (χ0v) is 21.6. The molecule has 0 spiro atoms. The number of aromatic nitrogens is 4. The molecule has 0 radical (unpaired) electrons. The molecular weight excluding hydrogens is 510 g/mol. The SMILES string of the molecule is [2H]C(Nc1cc(C(F)(F)F)c2ncc(C#N)c(NCC(C)(C)C)c2c1)(c1ccc(F)cc1)c1cn(C2CC2)nn1. The smallest absolute Gasteiger partial charge is 0.383 e. The maximum absolute atomic E-state index is 14.3. The number of nitrogens with one attached hydrogen (secondary N) is 2. The molecule has 0 bridgehead atoms. The van der Waals surface area contributed by atoms with E-state index in [9.17, 15) is 24.2 Å². The minimum atomic E-state index is -4.78. The van der Waals surface area contributed by atoms with Crippen LogP contribution in [0.5, 0.6) is 0 Å². The molecule has 2 aromatic carbocycles. The van der Waals surface area contributed by atoms with Crippen LogP contribution >= 0.6 is 0 Å². The van der Waals surface area contributed by atoms with Gasteiger partial charge < -0.3 is 10.6 Å². The minimum Gasteiger partial charge on any atom is -0.383 e. The van der Waals surface area contributed by atoms with Crippen molar-refractivity contribution < 1.29 is 18.9 Å². The number of halogens is 4. The van der Waals surface area contributed by atoms with E-state index in [4.69, 9.17) is 0 Å². The lowest BCUT2D eigenvalue weighted by atomic mass is 9.96. The van der Waals surface area contributed by atoms with Crippen molar-refractivity contribution in [3.63, 3.8) is 0 Å². The van der Waals surface area contributed by atoms with Crippen LogP contribution in [0.1, 0.15) is 69.4 Å². The van der Waals surface area contributed by atoms with Gasteiger partial charge in [0.25, 0.3) is 0 Å². The van der Waals surface area contributed by atoms with Crippen molar-refractivity contribution in [1.29, 1.82) is 5.26 Å². The van der Waals surface area contributed by atoms with Crippen molar-refractivity contribution >= 4 is 22.3 Å². The Bertz CT molecular complexity index is 1600. The van der Waals surface area contributed by atoms with Crippen molar-refractivity contribution in [2.75, 3.05) is 17.2 Å². The van der Waals surface area contributed by atoms with Crippen LogP contribution in [0.15, 0.2) is 48.8 Å². The Labute approximate surface area is 224 Å². The number of hydrogen-bond donors (Lipinski definition) is 2. The van der Waals surface area contributed by atoms with Gasteiger partial charge in [-0.1, -0.05) is 38.1 Å². The molecule has 2 heterocycles. The number of rotatable bonds is 7. The number of anilines is 2. The summed E-state index contributed by atoms with van der Waals surface area (Å²) >= 11 is 0. The van der Waals surface area contributed by atoms with E-state index in [0.717, 1.165) is 25.1 Å². The summed E-state index contributed by atoms with van der Waals surface area (Å²) in [5.74, 6) is -0.525. The molecule has 202 valence electrons. The Hall–Kier alpha value is -4.20. The van der Waals surface area contributed by atoms with Gasteiger partial charge in [0.2, 0.25) is 0 Å². The lowest BCUT2D eigenvalue weighted by Crippen LogP contribution is -2.20. The number of nitrogens with zero attached hydrogens (tertiary/aromatic N) is 5. The third kappa shape index (κ3) is 5.79. The molecule has 1 fully saturated rings. The fourth-order valence-corrected chi connectivity index (χ4v) is 4.17. The molecule has 2 aromatic heterocycles. The van der Waals surface area contributed by atoms with Crippen LogP contribution in [-0.2, 0) is 6.18 Å². The summed E-state index contributed by atoms with van der Waals surface area (Å²) in [5.41, 5.74) is -0.967. The second-order valence-electron chi connectivity index (χ2n) is 10.8. The van der Waals surface area contributed by atoms with E-state index in [-0.39, 0.29) is 50.6 Å². The molecule has 1 unspecified atom stereocenters. The van der Waals surface area contributed by atoms with Crippen molar-refractivity contribution in [2.45, 2.75) is 51.8 Å². The number of hydrogen-bond acceptors (Lipinski definition) is 6. The highest BCUT2D eigenvalue weighted by Gasteiger charge is 2.35. The topological polar surface area (TPSA) is 91.5 Å². The molecule has 1 atom stereocenters. The van der Waals surface area contributed by atoms with E-state index < -0.39 is 23.6 Å². The van der Waals surface area contributed by atoms with Crippen LogP contribution in [-0.4, -0.2) is 26.5 Å². The summed E-state index contributed by atoms with van der Waals surface area (Å²) in [6, 6.07) is 7.65. The minimum absolute atomic E-state index is 0.0594. The first kappa shape index (κ1) is 25.1. The molecule has 2 N–H and O–H groups in total. The summed E-state index contributed by atoms with van der Waals surface area (Å²) in [6.07, 6.45) is -0.252. The van der Waals surface area contributed by atoms with Crippen LogP contribution in [0.2, 0.25) is 0 Å². The van der Waals surface area contributed by atoms with Crippen LogP contribution in [0.3, 0.4) is 0 Å². The van der Waals surface area contributed by atoms with E-state index in [1.54, 1.807) is 10.9 Å². The summed E-state index contributed by atoms with van der Waals surface area (Å²) in [6.45, 7) is 6.24. The average molecular weight is 539 g/mol. The molecule has 0 aliphatic heterocycles. The van der Waals surface area contributed by atoms with Crippen molar-refractivity contribution in [3.05, 3.63) is 77.0 Å². The molecular formula is C28H27F4N7. The quantitative estimate of drug-likeness (QED) is 0.250. The first-order valence-corrected chi connectivity index (χ1v) is 12.4. The summed E-state index contributed by atoms with van der Waals surface area (Å²) in [7, 11) is 0. The first-order valence-electron chi connectivity index (χ1n) is 12.9. The number of nitriles is 1. The van der Waals surface area contributed by atoms with Crippen LogP contribution < -0.4 is 10.6 Å². The molecule has 0 saturated heterocycles. The van der Waals surface area contributed by atoms with Gasteiger partial charge in [-0.05, 0) is 48.1 Å². The van der Waals surface area contributed by atoms with E-state index in [0.29, 0.717) is 6.54 Å². The highest BCUT2D eigenvalue weighted by molar-refractivity contribution is 5.98. The predicted molar refractivity (Wildman–Crippen MR) is 140 cm³/mol. The maximum atomic E-state index is 14.3. The van der Waals surface area contributed by atoms with Crippen LogP contribution in [0, 0.1) is 22.6 Å². The van der Waals surface area contributed by atoms with Gasteiger partial charge in [-0.3, -0.25) is 4.98 Å². The van der Waals surface area contributed by atoms with E-state index >= 15 is 0 Å². The van der Waals surface area contributed by atoms with Gasteiger partial charge in [-0.25, -0.2) is 9.07 Å². The summed E-state index contributed by atoms with van der Waals surface area (Å²) < 4.78 is 67.8. The van der Waals surface area contributed by atoms with E-state index in [1.165, 1.54) is 30.3 Å². The van der Waals surface area contributed by atoms with Gasteiger partial charge in [0.15, 0.2) is 0 Å². The molecule has 0 amide bonds. The number of alkyl halides is 3. The van der Waals surface area contributed by atoms with Gasteiger partial charge in [0.05, 0.1) is 42.0 Å². The molecule has 5 rings (SSSR count). The number of fused-ring (bicyclic) bond motifs is 1. The van der Waals surface area contributed by atoms with Crippen LogP contribution in [0.4, 0.5) is 28.9 Å². The normalized spacial score (nSPS) is 15.9. The van der Waals surface area contributed by atoms with Gasteiger partial charge in [-0.15, -0.1) is 5.10 Å². The van der Waals surface area contributed by atoms with E-state index in [1.807, 2.05) is 26.8 Å². The Morgan fingerprint density at radius 2 is 1.90 bits per heavy atom. The van der Waals surface area contributed by atoms with Crippen LogP contribution in [0.25, 0.3) is 10.9 Å². The van der Waals surface area contributed by atoms with Gasteiger partial charge >= 0.3 is 6.18 Å². The van der Waals surface area contributed by atoms with Gasteiger partial charge in [0.1, 0.15) is 17.6 Å². The third-order valence-electron chi connectivity index (χ3n) is 6.28. The summed E-state index contributed by atoms with van der Waals surface area (Å²) in [5, 5.41) is 24.1. The highest BCUT2D eigenvalue weighted by Crippen LogP contribution is 2.41. The molecule has 39 heavy (non-hydrogen) atoms. The van der Waals surface area contributed by atoms with Gasteiger partial charge in [-0.2, -0.15) is 18.4 Å². The fourth-order valence-electron chi connectivity index (χ4n) is 4.17. The molecule has 11 heteroatoms. The fraction of sp³-hybridized carbons (Fsp3) is 0.357. The number of pyridine rings is 1.